The van der Waals surface area contributed by atoms with Gasteiger partial charge in [-0.15, -0.1) is 4.63 Å². The summed E-state index contributed by atoms with van der Waals surface area (Å²) in [5.41, 5.74) is 9.40. The minimum Gasteiger partial charge on any atom is -0.327 e. The van der Waals surface area contributed by atoms with Crippen LogP contribution in [0.4, 0.5) is 8.78 Å². The Kier molecular flexibility index (Phi) is 4.05. The molecule has 0 saturated heterocycles. The van der Waals surface area contributed by atoms with E-state index in [9.17, 15) is 8.78 Å². The first-order valence-corrected chi connectivity index (χ1v) is 9.49. The lowest BCUT2D eigenvalue weighted by molar-refractivity contribution is 0.0992. The highest BCUT2D eigenvalue weighted by Crippen LogP contribution is 2.41. The van der Waals surface area contributed by atoms with Gasteiger partial charge in [0.05, 0.1) is 11.9 Å². The first-order valence-electron chi connectivity index (χ1n) is 9.49. The van der Waals surface area contributed by atoms with Gasteiger partial charge in [-0.1, -0.05) is 0 Å². The molecule has 1 saturated carbocycles. The minimum absolute atomic E-state index is 0.00815. The van der Waals surface area contributed by atoms with Crippen LogP contribution in [0.5, 0.6) is 0 Å². The molecule has 27 heavy (non-hydrogen) atoms. The van der Waals surface area contributed by atoms with E-state index >= 15 is 0 Å². The normalized spacial score (nSPS) is 31.7. The molecule has 0 aromatic carbocycles. The van der Waals surface area contributed by atoms with E-state index in [2.05, 4.69) is 20.1 Å². The van der Waals surface area contributed by atoms with Gasteiger partial charge in [-0.2, -0.15) is 10.2 Å². The fraction of sp³-hybridized carbons (Fsp3) is 0.526. The minimum atomic E-state index is -0.416. The number of hydrogen-bond donors (Lipinski definition) is 1. The Morgan fingerprint density at radius 1 is 1.11 bits per heavy atom. The molecule has 142 valence electrons. The molecule has 2 aliphatic carbocycles. The lowest BCUT2D eigenvalue weighted by atomic mass is 9.72. The van der Waals surface area contributed by atoms with E-state index in [1.165, 1.54) is 12.2 Å². The third-order valence-corrected chi connectivity index (χ3v) is 6.33. The Bertz CT molecular complexity index is 935. The molecule has 2 N–H and O–H groups in total. The molecule has 1 fully saturated rings. The van der Waals surface area contributed by atoms with E-state index in [1.54, 1.807) is 17.0 Å². The van der Waals surface area contributed by atoms with Crippen molar-refractivity contribution < 1.29 is 8.78 Å². The van der Waals surface area contributed by atoms with Gasteiger partial charge in [-0.05, 0) is 37.3 Å². The molecule has 1 aliphatic heterocycles. The summed E-state index contributed by atoms with van der Waals surface area (Å²) in [6.07, 6.45) is 8.48. The summed E-state index contributed by atoms with van der Waals surface area (Å²) in [6.45, 7) is 1.55. The predicted octanol–water partition coefficient (Wildman–Crippen LogP) is 2.66. The Labute approximate surface area is 155 Å². The van der Waals surface area contributed by atoms with E-state index < -0.39 is 5.92 Å². The molecule has 5 rings (SSSR count). The summed E-state index contributed by atoms with van der Waals surface area (Å²) in [7, 11) is 0. The maximum atomic E-state index is 14.2. The summed E-state index contributed by atoms with van der Waals surface area (Å²) in [5.74, 6) is -0.912. The largest absolute Gasteiger partial charge is 0.327 e. The zero-order chi connectivity index (χ0) is 18.5. The lowest BCUT2D eigenvalue weighted by Gasteiger charge is -2.41. The van der Waals surface area contributed by atoms with Crippen molar-refractivity contribution in [2.75, 3.05) is 0 Å². The third kappa shape index (κ3) is 2.87. The van der Waals surface area contributed by atoms with Crippen molar-refractivity contribution in [2.45, 2.75) is 50.9 Å². The van der Waals surface area contributed by atoms with Gasteiger partial charge >= 0.3 is 0 Å². The van der Waals surface area contributed by atoms with Crippen LogP contribution in [0, 0.1) is 11.8 Å². The second-order valence-corrected chi connectivity index (χ2v) is 7.86. The van der Waals surface area contributed by atoms with E-state index in [0.717, 1.165) is 49.3 Å². The fourth-order valence-corrected chi connectivity index (χ4v) is 4.94. The quantitative estimate of drug-likeness (QED) is 0.877. The highest BCUT2D eigenvalue weighted by atomic mass is 19.1. The van der Waals surface area contributed by atoms with Crippen LogP contribution >= 0.6 is 0 Å². The van der Waals surface area contributed by atoms with Crippen LogP contribution in [-0.2, 0) is 13.1 Å². The monoisotopic (exact) mass is 372 g/mol. The maximum Gasteiger partial charge on any atom is 0.180 e. The highest BCUT2D eigenvalue weighted by molar-refractivity contribution is 5.50. The number of hydrogen-bond acceptors (Lipinski definition) is 5. The number of nitrogens with zero attached hydrogens (tertiary/aromatic N) is 5. The van der Waals surface area contributed by atoms with Crippen molar-refractivity contribution in [3.05, 3.63) is 47.5 Å². The molecule has 4 atom stereocenters. The molecule has 6 nitrogen and oxygen atoms in total. The van der Waals surface area contributed by atoms with Gasteiger partial charge in [0.2, 0.25) is 0 Å². The van der Waals surface area contributed by atoms with Crippen molar-refractivity contribution in [1.29, 1.82) is 0 Å². The van der Waals surface area contributed by atoms with Crippen LogP contribution in [0.3, 0.4) is 0 Å². The van der Waals surface area contributed by atoms with E-state index in [0.29, 0.717) is 6.04 Å². The molecule has 2 aromatic rings. The van der Waals surface area contributed by atoms with E-state index in [4.69, 9.17) is 5.73 Å². The van der Waals surface area contributed by atoms with E-state index in [-0.39, 0.29) is 30.0 Å². The number of nitrogens with two attached hydrogens (primary N) is 1. The molecule has 3 heterocycles. The fourth-order valence-electron chi connectivity index (χ4n) is 4.94. The first kappa shape index (κ1) is 16.9. The van der Waals surface area contributed by atoms with Gasteiger partial charge in [0.25, 0.3) is 0 Å². The van der Waals surface area contributed by atoms with Crippen LogP contribution in [0.1, 0.15) is 36.9 Å². The van der Waals surface area contributed by atoms with Gasteiger partial charge < -0.3 is 5.73 Å². The van der Waals surface area contributed by atoms with Crippen molar-refractivity contribution >= 4 is 5.65 Å². The Hall–Kier alpha value is -2.19. The molecule has 0 bridgehead atoms. The zero-order valence-electron chi connectivity index (χ0n) is 14.9. The van der Waals surface area contributed by atoms with Crippen molar-refractivity contribution in [3.8, 4) is 0 Å². The van der Waals surface area contributed by atoms with Crippen molar-refractivity contribution in [1.82, 2.24) is 24.7 Å². The Balaban J connectivity index is 1.28. The van der Waals surface area contributed by atoms with Crippen LogP contribution in [0.25, 0.3) is 5.65 Å². The average molecular weight is 372 g/mol. The molecule has 8 heteroatoms. The Morgan fingerprint density at radius 2 is 2.00 bits per heavy atom. The van der Waals surface area contributed by atoms with Crippen LogP contribution in [0.15, 0.2) is 36.2 Å². The molecule has 3 aliphatic rings. The summed E-state index contributed by atoms with van der Waals surface area (Å²) >= 11 is 0. The molecule has 0 radical (unpaired) electrons. The van der Waals surface area contributed by atoms with Crippen LogP contribution < -0.4 is 5.73 Å². The summed E-state index contributed by atoms with van der Waals surface area (Å²) in [4.78, 5) is 6.78. The van der Waals surface area contributed by atoms with Crippen LogP contribution in [0.2, 0.25) is 0 Å². The summed E-state index contributed by atoms with van der Waals surface area (Å²) in [6, 6.07) is 0.200. The summed E-state index contributed by atoms with van der Waals surface area (Å²) in [5, 5.41) is 8.73. The van der Waals surface area contributed by atoms with Gasteiger partial charge in [0.15, 0.2) is 5.65 Å². The number of aromatic nitrogens is 4. The summed E-state index contributed by atoms with van der Waals surface area (Å²) < 4.78 is 29.4. The second kappa shape index (κ2) is 6.45. The van der Waals surface area contributed by atoms with Crippen molar-refractivity contribution in [3.63, 3.8) is 0 Å². The molecular weight excluding hydrogens is 350 g/mol. The number of allylic oxidation sites excluding steroid dienone is 4. The smallest absolute Gasteiger partial charge is 0.180 e. The van der Waals surface area contributed by atoms with Crippen LogP contribution in [-0.4, -0.2) is 36.8 Å². The zero-order valence-corrected chi connectivity index (χ0v) is 14.9. The predicted molar refractivity (Wildman–Crippen MR) is 95.6 cm³/mol. The van der Waals surface area contributed by atoms with Gasteiger partial charge in [-0.3, -0.25) is 4.90 Å². The van der Waals surface area contributed by atoms with E-state index in [1.807, 2.05) is 0 Å². The third-order valence-electron chi connectivity index (χ3n) is 6.33. The van der Waals surface area contributed by atoms with Gasteiger partial charge in [0, 0.05) is 49.3 Å². The SMILES string of the molecule is NC1CC(N2Cc3nn4nccnc4c3C2)CC[C@@H]1C1CC(F)=CC=C1F. The molecule has 3 unspecified atom stereocenters. The molecular formula is C19H22F2N6. The number of halogens is 2. The molecule has 0 amide bonds. The standard InChI is InChI=1S/C19H22F2N6/c20-11-1-4-16(21)14(7-11)13-3-2-12(8-17(13)22)26-9-15-18(10-26)25-27-19(15)23-5-6-24-27/h1,4-6,12-14,17H,2-3,7-10,22H2/t12?,13-,14?,17?/m1/s1. The van der Waals surface area contributed by atoms with Gasteiger partial charge in [-0.25, -0.2) is 13.8 Å². The number of rotatable bonds is 2. The molecule has 2 aromatic heterocycles. The average Bonchev–Trinajstić information content (AvgIpc) is 3.22. The second-order valence-electron chi connectivity index (χ2n) is 7.86. The van der Waals surface area contributed by atoms with Gasteiger partial charge in [0.1, 0.15) is 11.7 Å². The highest BCUT2D eigenvalue weighted by Gasteiger charge is 2.40. The Morgan fingerprint density at radius 3 is 2.85 bits per heavy atom. The first-order chi connectivity index (χ1) is 13.1. The number of fused-ring (bicyclic) bond motifs is 3. The van der Waals surface area contributed by atoms with Crippen molar-refractivity contribution in [2.24, 2.45) is 17.6 Å². The topological polar surface area (TPSA) is 72.3 Å². The lowest BCUT2D eigenvalue weighted by Crippen LogP contribution is -2.47. The molecule has 0 spiro atoms. The maximum absolute atomic E-state index is 14.2.